The maximum atomic E-state index is 12.1. The fourth-order valence-electron chi connectivity index (χ4n) is 2.36. The largest absolute Gasteiger partial charge is 0.499 e. The number of halogens is 1. The maximum absolute atomic E-state index is 12.1. The molecule has 1 aliphatic carbocycles. The molecule has 0 aliphatic heterocycles. The first-order valence-corrected chi connectivity index (χ1v) is 7.40. The molecule has 2 rings (SSSR count). The lowest BCUT2D eigenvalue weighted by molar-refractivity contribution is -0.113. The Morgan fingerprint density at radius 3 is 2.77 bits per heavy atom. The number of Topliss-reactive ketones (excluding diaryl/α,β-unsaturated/α-hetero) is 1. The van der Waals surface area contributed by atoms with E-state index in [1.54, 1.807) is 30.9 Å². The molecule has 0 radical (unpaired) electrons. The normalized spacial score (nSPS) is 16.5. The first-order valence-electron chi connectivity index (χ1n) is 7.02. The topological polar surface area (TPSA) is 44.1 Å². The van der Waals surface area contributed by atoms with Crippen LogP contribution in [0.2, 0.25) is 0 Å². The van der Waals surface area contributed by atoms with Crippen LogP contribution in [0.15, 0.2) is 41.7 Å². The second-order valence-electron chi connectivity index (χ2n) is 5.06. The van der Waals surface area contributed by atoms with Gasteiger partial charge < -0.3 is 4.74 Å². The highest BCUT2D eigenvalue weighted by atomic mass is 35.5. The zero-order valence-corrected chi connectivity index (χ0v) is 13.8. The minimum absolute atomic E-state index is 0.0511. The maximum Gasteiger partial charge on any atom is 0.185 e. The van der Waals surface area contributed by atoms with Crippen LogP contribution in [0.5, 0.6) is 0 Å². The van der Waals surface area contributed by atoms with Gasteiger partial charge in [0.15, 0.2) is 5.78 Å². The smallest absolute Gasteiger partial charge is 0.185 e. The molecular formula is C17H19ClN2O2. The lowest BCUT2D eigenvalue weighted by Gasteiger charge is -2.07. The van der Waals surface area contributed by atoms with Crippen molar-refractivity contribution in [3.05, 3.63) is 53.1 Å². The van der Waals surface area contributed by atoms with Gasteiger partial charge in [-0.05, 0) is 26.0 Å². The zero-order chi connectivity index (χ0) is 16.3. The Bertz CT molecular complexity index is 704. The summed E-state index contributed by atoms with van der Waals surface area (Å²) in [6.07, 6.45) is 6.44. The molecule has 0 atom stereocenters. The minimum Gasteiger partial charge on any atom is -0.499 e. The molecule has 22 heavy (non-hydrogen) atoms. The number of carbonyl (C=O) groups excluding carboxylic acids is 1. The molecule has 0 saturated carbocycles. The Balaban J connectivity index is 2.49. The number of aromatic nitrogens is 2. The van der Waals surface area contributed by atoms with Crippen LogP contribution in [-0.4, -0.2) is 22.7 Å². The van der Waals surface area contributed by atoms with Gasteiger partial charge in [-0.15, -0.1) is 0 Å². The third-order valence-corrected chi connectivity index (χ3v) is 3.59. The molecule has 0 amide bonds. The van der Waals surface area contributed by atoms with Crippen molar-refractivity contribution in [1.82, 2.24) is 9.78 Å². The van der Waals surface area contributed by atoms with E-state index in [0.717, 1.165) is 17.0 Å². The number of nitrogens with zero attached hydrogens (tertiary/aromatic N) is 2. The Morgan fingerprint density at radius 1 is 1.45 bits per heavy atom. The summed E-state index contributed by atoms with van der Waals surface area (Å²) in [5, 5.41) is 5.21. The average molecular weight is 319 g/mol. The van der Waals surface area contributed by atoms with E-state index in [1.807, 2.05) is 19.1 Å². The fourth-order valence-corrected chi connectivity index (χ4v) is 2.42. The SMILES string of the molecule is C=CC(=CC=C(C)Cl)c1cc(C)n(C2=C(OC)CCC2=O)n1. The molecule has 1 aromatic heterocycles. The van der Waals surface area contributed by atoms with E-state index in [2.05, 4.69) is 11.7 Å². The van der Waals surface area contributed by atoms with Crippen LogP contribution in [0.1, 0.15) is 31.2 Å². The Hall–Kier alpha value is -2.07. The summed E-state index contributed by atoms with van der Waals surface area (Å²) in [6.45, 7) is 7.51. The molecule has 0 unspecified atom stereocenters. The third-order valence-electron chi connectivity index (χ3n) is 3.46. The predicted octanol–water partition coefficient (Wildman–Crippen LogP) is 4.08. The van der Waals surface area contributed by atoms with Crippen molar-refractivity contribution < 1.29 is 9.53 Å². The summed E-state index contributed by atoms with van der Waals surface area (Å²) in [6, 6.07) is 1.91. The van der Waals surface area contributed by atoms with Gasteiger partial charge in [0.1, 0.15) is 11.5 Å². The van der Waals surface area contributed by atoms with E-state index in [4.69, 9.17) is 16.3 Å². The summed E-state index contributed by atoms with van der Waals surface area (Å²) in [4.78, 5) is 12.1. The van der Waals surface area contributed by atoms with Crippen LogP contribution in [0.3, 0.4) is 0 Å². The molecule has 1 aliphatic rings. The summed E-state index contributed by atoms with van der Waals surface area (Å²) in [5.41, 5.74) is 2.98. The zero-order valence-electron chi connectivity index (χ0n) is 13.0. The van der Waals surface area contributed by atoms with Gasteiger partial charge in [0, 0.05) is 29.1 Å². The number of rotatable bonds is 5. The minimum atomic E-state index is 0.0511. The quantitative estimate of drug-likeness (QED) is 0.768. The standard InChI is InChI=1S/C17H19ClN2O2/c1-5-13(7-6-11(2)18)14-10-12(3)20(19-14)17-15(21)8-9-16(17)22-4/h5-7,10H,1,8-9H2,2-4H3. The summed E-state index contributed by atoms with van der Waals surface area (Å²) >= 11 is 5.85. The molecule has 0 aromatic carbocycles. The van der Waals surface area contributed by atoms with Crippen molar-refractivity contribution in [1.29, 1.82) is 0 Å². The Morgan fingerprint density at radius 2 is 2.18 bits per heavy atom. The van der Waals surface area contributed by atoms with Gasteiger partial charge in [-0.2, -0.15) is 5.10 Å². The Labute approximate surface area is 135 Å². The fraction of sp³-hybridized carbons (Fsp3) is 0.294. The number of aryl methyl sites for hydroxylation is 1. The molecule has 0 N–H and O–H groups in total. The van der Waals surface area contributed by atoms with Crippen LogP contribution in [0, 0.1) is 6.92 Å². The van der Waals surface area contributed by atoms with E-state index in [-0.39, 0.29) is 5.78 Å². The monoisotopic (exact) mass is 318 g/mol. The number of methoxy groups -OCH3 is 1. The van der Waals surface area contributed by atoms with Gasteiger partial charge in [-0.1, -0.05) is 30.3 Å². The van der Waals surface area contributed by atoms with Crippen LogP contribution in [0.25, 0.3) is 11.3 Å². The van der Waals surface area contributed by atoms with Gasteiger partial charge in [-0.25, -0.2) is 4.68 Å². The summed E-state index contributed by atoms with van der Waals surface area (Å²) in [7, 11) is 1.58. The van der Waals surface area contributed by atoms with Crippen molar-refractivity contribution in [3.8, 4) is 0 Å². The Kier molecular flexibility index (Phi) is 5.03. The number of allylic oxidation sites excluding steroid dienone is 7. The highest BCUT2D eigenvalue weighted by Gasteiger charge is 2.27. The number of ether oxygens (including phenoxy) is 1. The molecule has 4 nitrogen and oxygen atoms in total. The van der Waals surface area contributed by atoms with Crippen molar-refractivity contribution >= 4 is 28.7 Å². The van der Waals surface area contributed by atoms with Crippen molar-refractivity contribution in [2.75, 3.05) is 7.11 Å². The van der Waals surface area contributed by atoms with Crippen molar-refractivity contribution in [2.45, 2.75) is 26.7 Å². The van der Waals surface area contributed by atoms with Crippen molar-refractivity contribution in [3.63, 3.8) is 0 Å². The molecule has 5 heteroatoms. The van der Waals surface area contributed by atoms with E-state index in [9.17, 15) is 4.79 Å². The molecular weight excluding hydrogens is 300 g/mol. The van der Waals surface area contributed by atoms with Crippen LogP contribution in [-0.2, 0) is 9.53 Å². The van der Waals surface area contributed by atoms with Gasteiger partial charge in [0.05, 0.1) is 12.8 Å². The number of ketones is 1. The number of carbonyl (C=O) groups is 1. The number of hydrogen-bond donors (Lipinski definition) is 0. The summed E-state index contributed by atoms with van der Waals surface area (Å²) in [5.74, 6) is 0.735. The van der Waals surface area contributed by atoms with Gasteiger partial charge in [0.25, 0.3) is 0 Å². The van der Waals surface area contributed by atoms with Crippen LogP contribution in [0.4, 0.5) is 0 Å². The van der Waals surface area contributed by atoms with Crippen LogP contribution >= 0.6 is 11.6 Å². The van der Waals surface area contributed by atoms with E-state index < -0.39 is 0 Å². The molecule has 0 saturated heterocycles. The van der Waals surface area contributed by atoms with Crippen LogP contribution < -0.4 is 0 Å². The lowest BCUT2D eigenvalue weighted by Crippen LogP contribution is -2.09. The first kappa shape index (κ1) is 16.3. The molecule has 1 aromatic rings. The molecule has 0 fully saturated rings. The molecule has 0 spiro atoms. The van der Waals surface area contributed by atoms with E-state index in [1.165, 1.54) is 0 Å². The first-order chi connectivity index (χ1) is 10.5. The molecule has 1 heterocycles. The van der Waals surface area contributed by atoms with E-state index in [0.29, 0.717) is 29.3 Å². The number of hydrogen-bond acceptors (Lipinski definition) is 3. The van der Waals surface area contributed by atoms with E-state index >= 15 is 0 Å². The average Bonchev–Trinajstić information content (AvgIpc) is 3.02. The third kappa shape index (κ3) is 3.22. The molecule has 116 valence electrons. The van der Waals surface area contributed by atoms with Crippen molar-refractivity contribution in [2.24, 2.45) is 0 Å². The highest BCUT2D eigenvalue weighted by Crippen LogP contribution is 2.29. The second-order valence-corrected chi connectivity index (χ2v) is 5.66. The van der Waals surface area contributed by atoms with Gasteiger partial charge in [0.2, 0.25) is 0 Å². The second kappa shape index (κ2) is 6.79. The predicted molar refractivity (Wildman–Crippen MR) is 89.2 cm³/mol. The van der Waals surface area contributed by atoms with Gasteiger partial charge in [-0.3, -0.25) is 4.79 Å². The molecule has 0 bridgehead atoms. The summed E-state index contributed by atoms with van der Waals surface area (Å²) < 4.78 is 6.97. The van der Waals surface area contributed by atoms with Gasteiger partial charge >= 0.3 is 0 Å². The highest BCUT2D eigenvalue weighted by molar-refractivity contribution is 6.29. The lowest BCUT2D eigenvalue weighted by atomic mass is 10.1.